The summed E-state index contributed by atoms with van der Waals surface area (Å²) in [6, 6.07) is 100.0. The van der Waals surface area contributed by atoms with E-state index < -0.39 is 0 Å². The zero-order valence-corrected chi connectivity index (χ0v) is 37.6. The van der Waals surface area contributed by atoms with E-state index in [4.69, 9.17) is 0 Å². The molecule has 0 aromatic heterocycles. The van der Waals surface area contributed by atoms with Crippen LogP contribution >= 0.6 is 0 Å². The van der Waals surface area contributed by atoms with E-state index in [2.05, 4.69) is 301 Å². The Morgan fingerprint density at radius 1 is 0.191 bits per heavy atom. The molecule has 0 spiro atoms. The predicted octanol–water partition coefficient (Wildman–Crippen LogP) is 18.6. The van der Waals surface area contributed by atoms with Gasteiger partial charge in [-0.1, -0.05) is 212 Å². The lowest BCUT2D eigenvalue weighted by molar-refractivity contribution is 1.28. The normalized spacial score (nSPS) is 11.2. The molecule has 11 rings (SSSR count). The second-order valence-corrected chi connectivity index (χ2v) is 17.0. The molecule has 0 aliphatic carbocycles. The summed E-state index contributed by atoms with van der Waals surface area (Å²) in [7, 11) is 0. The molecule has 0 bridgehead atoms. The second kappa shape index (κ2) is 19.2. The quantitative estimate of drug-likeness (QED) is 0.113. The summed E-state index contributed by atoms with van der Waals surface area (Å²) in [4.78, 5) is 4.65. The molecule has 0 fully saturated rings. The summed E-state index contributed by atoms with van der Waals surface area (Å²) in [5.41, 5.74) is 18.6. The number of benzene rings is 11. The highest BCUT2D eigenvalue weighted by molar-refractivity contribution is 5.92. The van der Waals surface area contributed by atoms with Crippen LogP contribution in [0.4, 0.5) is 34.1 Å². The fourth-order valence-corrected chi connectivity index (χ4v) is 9.05. The monoisotopic (exact) mass is 868 g/mol. The van der Waals surface area contributed by atoms with Crippen LogP contribution in [0.3, 0.4) is 0 Å². The van der Waals surface area contributed by atoms with Crippen molar-refractivity contribution < 1.29 is 0 Å². The van der Waals surface area contributed by atoms with E-state index in [9.17, 15) is 0 Å². The standard InChI is InChI=1S/C66H48N2/c1-5-13-51(14-6-1)53-27-31-55(32-28-53)57-35-42-64(43-36-57)67(61-17-9-3-10-18-61)63-40-24-49(25-41-63)21-22-50-23-26-60-48-66(46-39-59(60)47-50)68(62-19-11-4-12-20-62)65-44-37-58(38-45-65)56-33-29-54(30-34-56)52-15-7-2-8-16-52/h1-48H/b22-21+. The lowest BCUT2D eigenvalue weighted by atomic mass is 10.00. The first-order valence-electron chi connectivity index (χ1n) is 23.2. The molecule has 2 nitrogen and oxygen atoms in total. The number of hydrogen-bond acceptors (Lipinski definition) is 2. The minimum Gasteiger partial charge on any atom is -0.311 e. The molecule has 0 unspecified atom stereocenters. The van der Waals surface area contributed by atoms with Gasteiger partial charge in [-0.15, -0.1) is 0 Å². The van der Waals surface area contributed by atoms with E-state index in [1.807, 2.05) is 0 Å². The molecule has 0 atom stereocenters. The van der Waals surface area contributed by atoms with Crippen molar-refractivity contribution in [1.82, 2.24) is 0 Å². The van der Waals surface area contributed by atoms with Gasteiger partial charge in [0, 0.05) is 34.1 Å². The van der Waals surface area contributed by atoms with Crippen molar-refractivity contribution in [2.24, 2.45) is 0 Å². The van der Waals surface area contributed by atoms with Gasteiger partial charge in [0.1, 0.15) is 0 Å². The van der Waals surface area contributed by atoms with Gasteiger partial charge in [0.25, 0.3) is 0 Å². The first-order chi connectivity index (χ1) is 33.7. The van der Waals surface area contributed by atoms with E-state index >= 15 is 0 Å². The molecule has 0 aliphatic rings. The van der Waals surface area contributed by atoms with Crippen LogP contribution in [0, 0.1) is 0 Å². The van der Waals surface area contributed by atoms with Crippen molar-refractivity contribution in [2.45, 2.75) is 0 Å². The second-order valence-electron chi connectivity index (χ2n) is 17.0. The molecule has 0 saturated heterocycles. The highest BCUT2D eigenvalue weighted by Crippen LogP contribution is 2.39. The third kappa shape index (κ3) is 9.13. The Kier molecular flexibility index (Phi) is 11.8. The molecular weight excluding hydrogens is 821 g/mol. The highest BCUT2D eigenvalue weighted by atomic mass is 15.1. The molecule has 11 aromatic rings. The lowest BCUT2D eigenvalue weighted by Crippen LogP contribution is -2.09. The number of rotatable bonds is 12. The summed E-state index contributed by atoms with van der Waals surface area (Å²) in [5.74, 6) is 0. The summed E-state index contributed by atoms with van der Waals surface area (Å²) >= 11 is 0. The summed E-state index contributed by atoms with van der Waals surface area (Å²) < 4.78 is 0. The van der Waals surface area contributed by atoms with Crippen LogP contribution in [0.25, 0.3) is 67.4 Å². The maximum Gasteiger partial charge on any atom is 0.0468 e. The number of para-hydroxylation sites is 2. The molecule has 2 heteroatoms. The van der Waals surface area contributed by atoms with Gasteiger partial charge in [-0.3, -0.25) is 0 Å². The molecule has 0 N–H and O–H groups in total. The fourth-order valence-electron chi connectivity index (χ4n) is 9.05. The number of hydrogen-bond donors (Lipinski definition) is 0. The molecule has 322 valence electrons. The molecule has 11 aromatic carbocycles. The van der Waals surface area contributed by atoms with E-state index in [0.717, 1.165) is 45.3 Å². The summed E-state index contributed by atoms with van der Waals surface area (Å²) in [5, 5.41) is 2.39. The van der Waals surface area contributed by atoms with E-state index in [1.165, 1.54) is 55.3 Å². The molecule has 0 amide bonds. The molecule has 0 heterocycles. The van der Waals surface area contributed by atoms with Crippen LogP contribution < -0.4 is 9.80 Å². The minimum absolute atomic E-state index is 1.10. The van der Waals surface area contributed by atoms with Crippen LogP contribution in [0.5, 0.6) is 0 Å². The summed E-state index contributed by atoms with van der Waals surface area (Å²) in [6.45, 7) is 0. The van der Waals surface area contributed by atoms with Gasteiger partial charge in [0.15, 0.2) is 0 Å². The zero-order valence-electron chi connectivity index (χ0n) is 37.6. The molecular formula is C66H48N2. The van der Waals surface area contributed by atoms with E-state index in [-0.39, 0.29) is 0 Å². The van der Waals surface area contributed by atoms with Gasteiger partial charge in [-0.05, 0) is 145 Å². The molecule has 0 radical (unpaired) electrons. The van der Waals surface area contributed by atoms with Gasteiger partial charge in [0.2, 0.25) is 0 Å². The highest BCUT2D eigenvalue weighted by Gasteiger charge is 2.15. The van der Waals surface area contributed by atoms with Crippen LogP contribution in [0.1, 0.15) is 11.1 Å². The number of anilines is 6. The Bertz CT molecular complexity index is 3420. The Hall–Kier alpha value is -8.98. The van der Waals surface area contributed by atoms with Gasteiger partial charge in [-0.25, -0.2) is 0 Å². The predicted molar refractivity (Wildman–Crippen MR) is 290 cm³/mol. The van der Waals surface area contributed by atoms with Crippen LogP contribution in [0.2, 0.25) is 0 Å². The molecule has 0 aliphatic heterocycles. The van der Waals surface area contributed by atoms with Crippen molar-refractivity contribution in [3.63, 3.8) is 0 Å². The number of fused-ring (bicyclic) bond motifs is 1. The van der Waals surface area contributed by atoms with Crippen LogP contribution in [-0.4, -0.2) is 0 Å². The third-order valence-electron chi connectivity index (χ3n) is 12.7. The average molecular weight is 869 g/mol. The lowest BCUT2D eigenvalue weighted by Gasteiger charge is -2.26. The largest absolute Gasteiger partial charge is 0.311 e. The van der Waals surface area contributed by atoms with E-state index in [1.54, 1.807) is 0 Å². The fraction of sp³-hybridized carbons (Fsp3) is 0. The van der Waals surface area contributed by atoms with Crippen molar-refractivity contribution in [1.29, 1.82) is 0 Å². The van der Waals surface area contributed by atoms with Gasteiger partial charge in [0.05, 0.1) is 0 Å². The van der Waals surface area contributed by atoms with Crippen molar-refractivity contribution in [3.8, 4) is 44.5 Å². The Balaban J connectivity index is 0.804. The van der Waals surface area contributed by atoms with E-state index in [0.29, 0.717) is 0 Å². The molecule has 68 heavy (non-hydrogen) atoms. The topological polar surface area (TPSA) is 6.48 Å². The van der Waals surface area contributed by atoms with Crippen molar-refractivity contribution >= 4 is 57.0 Å². The Morgan fingerprint density at radius 3 is 0.882 bits per heavy atom. The number of nitrogens with zero attached hydrogens (tertiary/aromatic N) is 2. The minimum atomic E-state index is 1.10. The zero-order chi connectivity index (χ0) is 45.5. The van der Waals surface area contributed by atoms with Crippen LogP contribution in [-0.2, 0) is 0 Å². The molecule has 0 saturated carbocycles. The SMILES string of the molecule is C(=C\c1ccc2cc(N(c3ccccc3)c3ccc(-c4ccc(-c5ccccc5)cc4)cc3)ccc2c1)/c1ccc(N(c2ccccc2)c2ccc(-c3ccc(-c4ccccc4)cc3)cc2)cc1. The van der Waals surface area contributed by atoms with Gasteiger partial charge < -0.3 is 9.80 Å². The van der Waals surface area contributed by atoms with Gasteiger partial charge in [-0.2, -0.15) is 0 Å². The van der Waals surface area contributed by atoms with Crippen molar-refractivity contribution in [3.05, 3.63) is 290 Å². The van der Waals surface area contributed by atoms with Crippen molar-refractivity contribution in [2.75, 3.05) is 9.80 Å². The Morgan fingerprint density at radius 2 is 0.456 bits per heavy atom. The van der Waals surface area contributed by atoms with Gasteiger partial charge >= 0.3 is 0 Å². The first kappa shape index (κ1) is 41.7. The maximum absolute atomic E-state index is 2.33. The van der Waals surface area contributed by atoms with Crippen LogP contribution in [0.15, 0.2) is 279 Å². The Labute approximate surface area is 399 Å². The average Bonchev–Trinajstić information content (AvgIpc) is 3.42. The first-order valence-corrected chi connectivity index (χ1v) is 23.2. The summed E-state index contributed by atoms with van der Waals surface area (Å²) in [6.07, 6.45) is 4.40. The maximum atomic E-state index is 2.33. The third-order valence-corrected chi connectivity index (χ3v) is 12.7. The smallest absolute Gasteiger partial charge is 0.0468 e.